The van der Waals surface area contributed by atoms with Gasteiger partial charge in [-0.1, -0.05) is 0 Å². The highest BCUT2D eigenvalue weighted by molar-refractivity contribution is 5.94. The Balaban J connectivity index is 1.42. The van der Waals surface area contributed by atoms with E-state index in [1.807, 2.05) is 0 Å². The Hall–Kier alpha value is -2.35. The summed E-state index contributed by atoms with van der Waals surface area (Å²) in [7, 11) is 2.09. The van der Waals surface area contributed by atoms with Crippen LogP contribution >= 0.6 is 0 Å². The van der Waals surface area contributed by atoms with Crippen molar-refractivity contribution in [2.24, 2.45) is 5.92 Å². The smallest absolute Gasteiger partial charge is 0.371 e. The molecule has 2 saturated heterocycles. The second-order valence-corrected chi connectivity index (χ2v) is 8.31. The molecule has 0 bridgehead atoms. The molecule has 0 aliphatic carbocycles. The number of alkyl halides is 3. The third-order valence-electron chi connectivity index (χ3n) is 6.44. The molecule has 1 amide bonds. The number of hydrogen-bond acceptors (Lipinski definition) is 4. The van der Waals surface area contributed by atoms with Gasteiger partial charge in [-0.15, -0.1) is 0 Å². The Morgan fingerprint density at radius 1 is 1.17 bits per heavy atom. The lowest BCUT2D eigenvalue weighted by Gasteiger charge is -2.34. The second kappa shape index (κ2) is 8.41. The zero-order valence-corrected chi connectivity index (χ0v) is 17.1. The quantitative estimate of drug-likeness (QED) is 0.820. The highest BCUT2D eigenvalue weighted by Crippen LogP contribution is 2.38. The van der Waals surface area contributed by atoms with Gasteiger partial charge in [0.05, 0.1) is 11.1 Å². The number of halogens is 3. The molecule has 1 aromatic carbocycles. The van der Waals surface area contributed by atoms with Gasteiger partial charge in [-0.25, -0.2) is 0 Å². The van der Waals surface area contributed by atoms with Crippen molar-refractivity contribution in [1.82, 2.24) is 15.2 Å². The van der Waals surface area contributed by atoms with E-state index in [4.69, 9.17) is 0 Å². The fourth-order valence-corrected chi connectivity index (χ4v) is 4.64. The number of amides is 1. The van der Waals surface area contributed by atoms with Crippen molar-refractivity contribution in [1.29, 1.82) is 0 Å². The van der Waals surface area contributed by atoms with Gasteiger partial charge in [0.1, 0.15) is 0 Å². The van der Waals surface area contributed by atoms with Crippen LogP contribution in [0.25, 0.3) is 10.9 Å². The number of hydrogen-bond donors (Lipinski definition) is 1. The number of rotatable bonds is 4. The highest BCUT2D eigenvalue weighted by atomic mass is 19.4. The van der Waals surface area contributed by atoms with Gasteiger partial charge in [0.2, 0.25) is 5.91 Å². The number of nitrogens with one attached hydrogen (secondary N) is 1. The summed E-state index contributed by atoms with van der Waals surface area (Å²) < 4.78 is 40.0. The SMILES string of the molecule is CN1CCCC1CNC(=O)C1CCN(c2ccc(C(F)(F)F)c3ncccc23)CC1. The summed E-state index contributed by atoms with van der Waals surface area (Å²) in [5.74, 6) is 0.0423. The van der Waals surface area contributed by atoms with Crippen molar-refractivity contribution in [3.05, 3.63) is 36.0 Å². The minimum atomic E-state index is -4.44. The van der Waals surface area contributed by atoms with Gasteiger partial charge in [-0.3, -0.25) is 9.78 Å². The van der Waals surface area contributed by atoms with Crippen LogP contribution in [0.1, 0.15) is 31.2 Å². The molecule has 1 unspecified atom stereocenters. The molecule has 2 aliphatic heterocycles. The number of benzene rings is 1. The van der Waals surface area contributed by atoms with E-state index in [-0.39, 0.29) is 17.3 Å². The van der Waals surface area contributed by atoms with E-state index in [9.17, 15) is 18.0 Å². The van der Waals surface area contributed by atoms with Gasteiger partial charge >= 0.3 is 6.18 Å². The molecule has 1 atom stereocenters. The fourth-order valence-electron chi connectivity index (χ4n) is 4.64. The number of likely N-dealkylation sites (N-methyl/N-ethyl adjacent to an activating group) is 1. The molecule has 5 nitrogen and oxygen atoms in total. The van der Waals surface area contributed by atoms with Crippen LogP contribution in [0.2, 0.25) is 0 Å². The molecule has 3 heterocycles. The minimum absolute atomic E-state index is 0.0250. The van der Waals surface area contributed by atoms with Crippen LogP contribution in [0.15, 0.2) is 30.5 Å². The topological polar surface area (TPSA) is 48.5 Å². The van der Waals surface area contributed by atoms with Crippen molar-refractivity contribution in [3.63, 3.8) is 0 Å². The van der Waals surface area contributed by atoms with E-state index in [1.165, 1.54) is 18.7 Å². The second-order valence-electron chi connectivity index (χ2n) is 8.31. The van der Waals surface area contributed by atoms with Crippen LogP contribution in [0.5, 0.6) is 0 Å². The molecule has 1 aromatic heterocycles. The van der Waals surface area contributed by atoms with Gasteiger partial charge in [0, 0.05) is 48.9 Å². The number of piperidine rings is 1. The molecule has 162 valence electrons. The van der Waals surface area contributed by atoms with E-state index in [0.717, 1.165) is 24.7 Å². The molecule has 30 heavy (non-hydrogen) atoms. The fraction of sp³-hybridized carbons (Fsp3) is 0.545. The zero-order chi connectivity index (χ0) is 21.3. The number of fused-ring (bicyclic) bond motifs is 1. The predicted molar refractivity (Wildman–Crippen MR) is 110 cm³/mol. The molecular formula is C22H27F3N4O. The molecule has 0 radical (unpaired) electrons. The average molecular weight is 420 g/mol. The molecule has 0 spiro atoms. The maximum atomic E-state index is 13.3. The van der Waals surface area contributed by atoms with Crippen LogP contribution in [0.4, 0.5) is 18.9 Å². The van der Waals surface area contributed by atoms with E-state index in [0.29, 0.717) is 43.9 Å². The van der Waals surface area contributed by atoms with Crippen molar-refractivity contribution in [2.75, 3.05) is 38.1 Å². The summed E-state index contributed by atoms with van der Waals surface area (Å²) in [6.45, 7) is 3.03. The van der Waals surface area contributed by atoms with Crippen LogP contribution in [0, 0.1) is 5.92 Å². The number of nitrogens with zero attached hydrogens (tertiary/aromatic N) is 3. The first-order valence-electron chi connectivity index (χ1n) is 10.5. The molecule has 8 heteroatoms. The summed E-state index contributed by atoms with van der Waals surface area (Å²) in [5.41, 5.74) is 0.00795. The van der Waals surface area contributed by atoms with Gasteiger partial charge in [-0.05, 0) is 63.5 Å². The molecule has 1 N–H and O–H groups in total. The number of carbonyl (C=O) groups excluding carboxylic acids is 1. The van der Waals surface area contributed by atoms with Crippen LogP contribution < -0.4 is 10.2 Å². The van der Waals surface area contributed by atoms with Crippen LogP contribution in [0.3, 0.4) is 0 Å². The first-order chi connectivity index (χ1) is 14.3. The molecular weight excluding hydrogens is 393 g/mol. The van der Waals surface area contributed by atoms with E-state index in [2.05, 4.69) is 27.1 Å². The summed E-state index contributed by atoms with van der Waals surface area (Å²) in [6, 6.07) is 6.40. The Kier molecular flexibility index (Phi) is 5.86. The highest BCUT2D eigenvalue weighted by Gasteiger charge is 2.34. The van der Waals surface area contributed by atoms with E-state index >= 15 is 0 Å². The number of likely N-dealkylation sites (tertiary alicyclic amines) is 1. The monoisotopic (exact) mass is 420 g/mol. The minimum Gasteiger partial charge on any atom is -0.371 e. The standard InChI is InChI=1S/C22H27F3N4O/c1-28-11-3-4-16(28)14-27-21(30)15-8-12-29(13-9-15)19-7-6-18(22(23,24)25)20-17(19)5-2-10-26-20/h2,5-7,10,15-16H,3-4,8-9,11-14H2,1H3,(H,27,30). The summed E-state index contributed by atoms with van der Waals surface area (Å²) in [4.78, 5) is 20.9. The Morgan fingerprint density at radius 3 is 2.60 bits per heavy atom. The zero-order valence-electron chi connectivity index (χ0n) is 17.1. The number of pyridine rings is 1. The largest absolute Gasteiger partial charge is 0.418 e. The molecule has 4 rings (SSSR count). The first-order valence-corrected chi connectivity index (χ1v) is 10.5. The molecule has 2 aliphatic rings. The summed E-state index contributed by atoms with van der Waals surface area (Å²) >= 11 is 0. The van der Waals surface area contributed by atoms with Gasteiger partial charge in [0.15, 0.2) is 0 Å². The van der Waals surface area contributed by atoms with Gasteiger partial charge in [-0.2, -0.15) is 13.2 Å². The van der Waals surface area contributed by atoms with Crippen molar-refractivity contribution in [2.45, 2.75) is 37.9 Å². The lowest BCUT2D eigenvalue weighted by Crippen LogP contribution is -2.44. The number of aromatic nitrogens is 1. The maximum Gasteiger partial charge on any atom is 0.418 e. The van der Waals surface area contributed by atoms with Crippen LogP contribution in [-0.2, 0) is 11.0 Å². The predicted octanol–water partition coefficient (Wildman–Crippen LogP) is 3.68. The Bertz CT molecular complexity index is 909. The average Bonchev–Trinajstić information content (AvgIpc) is 3.15. The lowest BCUT2D eigenvalue weighted by atomic mass is 9.94. The van der Waals surface area contributed by atoms with Gasteiger partial charge in [0.25, 0.3) is 0 Å². The number of anilines is 1. The Morgan fingerprint density at radius 2 is 1.93 bits per heavy atom. The van der Waals surface area contributed by atoms with E-state index in [1.54, 1.807) is 12.1 Å². The summed E-state index contributed by atoms with van der Waals surface area (Å²) in [5, 5.41) is 3.60. The Labute approximate surface area is 174 Å². The van der Waals surface area contributed by atoms with Crippen molar-refractivity contribution < 1.29 is 18.0 Å². The third kappa shape index (κ3) is 4.24. The molecule has 2 aromatic rings. The van der Waals surface area contributed by atoms with Gasteiger partial charge < -0.3 is 15.1 Å². The summed E-state index contributed by atoms with van der Waals surface area (Å²) in [6.07, 6.45) is 0.614. The maximum absolute atomic E-state index is 13.3. The lowest BCUT2D eigenvalue weighted by molar-refractivity contribution is -0.136. The molecule has 0 saturated carbocycles. The van der Waals surface area contributed by atoms with Crippen molar-refractivity contribution in [3.8, 4) is 0 Å². The van der Waals surface area contributed by atoms with E-state index < -0.39 is 11.7 Å². The molecule has 2 fully saturated rings. The van der Waals surface area contributed by atoms with Crippen LogP contribution in [-0.4, -0.2) is 55.1 Å². The van der Waals surface area contributed by atoms with Crippen molar-refractivity contribution >= 4 is 22.5 Å². The first kappa shape index (κ1) is 20.9. The number of carbonyl (C=O) groups is 1. The normalized spacial score (nSPS) is 21.3. The third-order valence-corrected chi connectivity index (χ3v) is 6.44.